The molecule has 1 atom stereocenters. The fraction of sp³-hybridized carbons (Fsp3) is 0.353. The van der Waals surface area contributed by atoms with E-state index in [0.29, 0.717) is 19.6 Å². The molecule has 2 aromatic carbocycles. The monoisotopic (exact) mass is 335 g/mol. The number of amides is 1. The number of methoxy groups -OCH3 is 1. The van der Waals surface area contributed by atoms with Crippen LogP contribution in [0, 0.1) is 0 Å². The van der Waals surface area contributed by atoms with Crippen LogP contribution in [-0.2, 0) is 19.4 Å². The van der Waals surface area contributed by atoms with Gasteiger partial charge in [-0.2, -0.15) is 0 Å². The van der Waals surface area contributed by atoms with E-state index in [1.807, 2.05) is 24.3 Å². The van der Waals surface area contributed by atoms with Crippen molar-refractivity contribution in [2.75, 3.05) is 20.3 Å². The van der Waals surface area contributed by atoms with Crippen molar-refractivity contribution >= 4 is 26.5 Å². The lowest BCUT2D eigenvalue weighted by molar-refractivity contribution is -0.120. The Morgan fingerprint density at radius 2 is 1.87 bits per heavy atom. The maximum absolute atomic E-state index is 12.6. The van der Waals surface area contributed by atoms with Gasteiger partial charge in [0, 0.05) is 20.3 Å². The summed E-state index contributed by atoms with van der Waals surface area (Å²) in [6.07, 6.45) is 0.644. The van der Waals surface area contributed by atoms with Gasteiger partial charge < -0.3 is 10.1 Å². The van der Waals surface area contributed by atoms with Crippen molar-refractivity contribution < 1.29 is 17.9 Å². The molecule has 0 aliphatic rings. The Hall–Kier alpha value is -1.92. The predicted molar refractivity (Wildman–Crippen MR) is 90.1 cm³/mol. The zero-order valence-corrected chi connectivity index (χ0v) is 14.1. The van der Waals surface area contributed by atoms with Crippen molar-refractivity contribution in [3.63, 3.8) is 0 Å². The normalized spacial score (nSPS) is 13.0. The molecular formula is C17H21NO4S. The van der Waals surface area contributed by atoms with Crippen LogP contribution in [0.2, 0.25) is 0 Å². The summed E-state index contributed by atoms with van der Waals surface area (Å²) in [5.41, 5.74) is 0. The summed E-state index contributed by atoms with van der Waals surface area (Å²) in [5, 5.41) is 3.29. The van der Waals surface area contributed by atoms with E-state index in [4.69, 9.17) is 4.74 Å². The summed E-state index contributed by atoms with van der Waals surface area (Å²) >= 11 is 0. The van der Waals surface area contributed by atoms with Gasteiger partial charge in [-0.05, 0) is 36.2 Å². The summed E-state index contributed by atoms with van der Waals surface area (Å²) in [7, 11) is -2.14. The molecule has 23 heavy (non-hydrogen) atoms. The first-order valence-corrected chi connectivity index (χ1v) is 9.01. The average Bonchev–Trinajstić information content (AvgIpc) is 2.57. The number of nitrogens with one attached hydrogen (secondary N) is 1. The summed E-state index contributed by atoms with van der Waals surface area (Å²) in [6.45, 7) is 2.33. The van der Waals surface area contributed by atoms with Crippen LogP contribution in [0.15, 0.2) is 47.4 Å². The van der Waals surface area contributed by atoms with Gasteiger partial charge >= 0.3 is 0 Å². The third-order valence-electron chi connectivity index (χ3n) is 3.71. The zero-order chi connectivity index (χ0) is 16.9. The number of hydrogen-bond donors (Lipinski definition) is 1. The van der Waals surface area contributed by atoms with E-state index in [2.05, 4.69) is 5.32 Å². The molecule has 0 fully saturated rings. The Morgan fingerprint density at radius 3 is 2.57 bits per heavy atom. The van der Waals surface area contributed by atoms with Crippen molar-refractivity contribution in [1.29, 1.82) is 0 Å². The molecule has 0 radical (unpaired) electrons. The van der Waals surface area contributed by atoms with Crippen molar-refractivity contribution in [3.8, 4) is 0 Å². The molecule has 0 aliphatic heterocycles. The molecule has 2 rings (SSSR count). The number of hydrogen-bond acceptors (Lipinski definition) is 4. The molecule has 0 aromatic heterocycles. The molecule has 1 amide bonds. The largest absolute Gasteiger partial charge is 0.385 e. The highest BCUT2D eigenvalue weighted by molar-refractivity contribution is 7.92. The second kappa shape index (κ2) is 7.57. The number of rotatable bonds is 7. The van der Waals surface area contributed by atoms with Crippen molar-refractivity contribution in [3.05, 3.63) is 42.5 Å². The first-order valence-electron chi connectivity index (χ1n) is 7.46. The van der Waals surface area contributed by atoms with E-state index in [9.17, 15) is 13.2 Å². The molecule has 0 aliphatic carbocycles. The summed E-state index contributed by atoms with van der Waals surface area (Å²) in [4.78, 5) is 12.2. The molecule has 1 unspecified atom stereocenters. The van der Waals surface area contributed by atoms with Gasteiger partial charge in [0.05, 0.1) is 4.90 Å². The number of carbonyl (C=O) groups excluding carboxylic acids is 1. The number of benzene rings is 2. The fourth-order valence-corrected chi connectivity index (χ4v) is 3.58. The molecule has 5 nitrogen and oxygen atoms in total. The van der Waals surface area contributed by atoms with Gasteiger partial charge in [0.2, 0.25) is 5.91 Å². The standard InChI is InChI=1S/C17H21NO4S/c1-13(17(19)18-10-5-11-22-2)23(20,21)16-9-8-14-6-3-4-7-15(14)12-16/h3-4,6-9,12-13H,5,10-11H2,1-2H3,(H,18,19). The van der Waals surface area contributed by atoms with Gasteiger partial charge in [-0.3, -0.25) is 4.79 Å². The van der Waals surface area contributed by atoms with Crippen LogP contribution in [0.1, 0.15) is 13.3 Å². The van der Waals surface area contributed by atoms with Crippen molar-refractivity contribution in [2.24, 2.45) is 0 Å². The van der Waals surface area contributed by atoms with E-state index in [1.165, 1.54) is 6.92 Å². The van der Waals surface area contributed by atoms with Crippen LogP contribution in [-0.4, -0.2) is 39.8 Å². The number of ether oxygens (including phenoxy) is 1. The van der Waals surface area contributed by atoms with Gasteiger partial charge in [-0.1, -0.05) is 30.3 Å². The summed E-state index contributed by atoms with van der Waals surface area (Å²) < 4.78 is 30.1. The molecule has 0 saturated heterocycles. The third kappa shape index (κ3) is 4.09. The highest BCUT2D eigenvalue weighted by Crippen LogP contribution is 2.22. The van der Waals surface area contributed by atoms with Crippen molar-refractivity contribution in [1.82, 2.24) is 5.32 Å². The third-order valence-corrected chi connectivity index (χ3v) is 5.76. The van der Waals surface area contributed by atoms with E-state index >= 15 is 0 Å². The van der Waals surface area contributed by atoms with Crippen LogP contribution >= 0.6 is 0 Å². The SMILES string of the molecule is COCCCNC(=O)C(C)S(=O)(=O)c1ccc2ccccc2c1. The average molecular weight is 335 g/mol. The van der Waals surface area contributed by atoms with Gasteiger partial charge in [0.25, 0.3) is 0 Å². The maximum Gasteiger partial charge on any atom is 0.238 e. The maximum atomic E-state index is 12.6. The van der Waals surface area contributed by atoms with Crippen LogP contribution in [0.5, 0.6) is 0 Å². The number of sulfone groups is 1. The Bertz CT molecular complexity index is 786. The minimum absolute atomic E-state index is 0.163. The molecule has 0 saturated carbocycles. The summed E-state index contributed by atoms with van der Waals surface area (Å²) in [6, 6.07) is 12.4. The lowest BCUT2D eigenvalue weighted by Gasteiger charge is -2.14. The highest BCUT2D eigenvalue weighted by atomic mass is 32.2. The minimum atomic E-state index is -3.72. The Labute approximate surface area is 136 Å². The van der Waals surface area contributed by atoms with E-state index in [1.54, 1.807) is 25.3 Å². The Kier molecular flexibility index (Phi) is 5.74. The van der Waals surface area contributed by atoms with E-state index < -0.39 is 21.0 Å². The first kappa shape index (κ1) is 17.4. The van der Waals surface area contributed by atoms with E-state index in [0.717, 1.165) is 10.8 Å². The Morgan fingerprint density at radius 1 is 1.17 bits per heavy atom. The van der Waals surface area contributed by atoms with Gasteiger partial charge in [0.15, 0.2) is 9.84 Å². The number of carbonyl (C=O) groups is 1. The topological polar surface area (TPSA) is 72.5 Å². The molecule has 124 valence electrons. The number of fused-ring (bicyclic) bond motifs is 1. The van der Waals surface area contributed by atoms with Gasteiger partial charge in [0.1, 0.15) is 5.25 Å². The fourth-order valence-electron chi connectivity index (χ4n) is 2.26. The summed E-state index contributed by atoms with van der Waals surface area (Å²) in [5.74, 6) is -0.491. The van der Waals surface area contributed by atoms with Gasteiger partial charge in [-0.25, -0.2) is 8.42 Å². The quantitative estimate of drug-likeness (QED) is 0.787. The molecule has 1 N–H and O–H groups in total. The molecule has 6 heteroatoms. The minimum Gasteiger partial charge on any atom is -0.385 e. The predicted octanol–water partition coefficient (Wildman–Crippen LogP) is 2.15. The van der Waals surface area contributed by atoms with E-state index in [-0.39, 0.29) is 4.90 Å². The van der Waals surface area contributed by atoms with Crippen molar-refractivity contribution in [2.45, 2.75) is 23.5 Å². The second-order valence-electron chi connectivity index (χ2n) is 5.33. The smallest absolute Gasteiger partial charge is 0.238 e. The second-order valence-corrected chi connectivity index (χ2v) is 7.60. The highest BCUT2D eigenvalue weighted by Gasteiger charge is 2.29. The first-order chi connectivity index (χ1) is 11.0. The molecule has 2 aromatic rings. The van der Waals surface area contributed by atoms with Crippen LogP contribution in [0.4, 0.5) is 0 Å². The lowest BCUT2D eigenvalue weighted by Crippen LogP contribution is -2.38. The Balaban J connectivity index is 2.16. The lowest BCUT2D eigenvalue weighted by atomic mass is 10.1. The zero-order valence-electron chi connectivity index (χ0n) is 13.3. The van der Waals surface area contributed by atoms with Gasteiger partial charge in [-0.15, -0.1) is 0 Å². The van der Waals surface area contributed by atoms with Crippen LogP contribution in [0.25, 0.3) is 10.8 Å². The molecular weight excluding hydrogens is 314 g/mol. The molecule has 0 bridgehead atoms. The van der Waals surface area contributed by atoms with Crippen LogP contribution in [0.3, 0.4) is 0 Å². The molecule has 0 spiro atoms. The molecule has 0 heterocycles. The van der Waals surface area contributed by atoms with Crippen LogP contribution < -0.4 is 5.32 Å².